The highest BCUT2D eigenvalue weighted by Gasteiger charge is 2.50. The molecule has 1 aliphatic carbocycles. The summed E-state index contributed by atoms with van der Waals surface area (Å²) in [4.78, 5) is 12.6. The Morgan fingerprint density at radius 3 is 1.90 bits per heavy atom. The maximum absolute atomic E-state index is 10.7. The second-order valence-corrected chi connectivity index (χ2v) is 2.79. The fourth-order valence-electron chi connectivity index (χ4n) is 1.03. The number of primary amides is 1. The number of halogens is 1. The molecule has 0 aromatic rings. The molecule has 1 fully saturated rings. The Morgan fingerprint density at radius 2 is 1.90 bits per heavy atom. The zero-order valence-electron chi connectivity index (χ0n) is 6.26. The molecule has 0 bridgehead atoms. The van der Waals surface area contributed by atoms with Gasteiger partial charge in [0.1, 0.15) is 0 Å². The maximum atomic E-state index is 10.7. The van der Waals surface area contributed by atoms with E-state index in [1.165, 1.54) is 0 Å². The molecule has 0 atom stereocenters. The van der Waals surface area contributed by atoms with Gasteiger partial charge in [-0.05, 0) is 26.9 Å². The zero-order valence-corrected chi connectivity index (χ0v) is 7.07. The molecule has 0 spiro atoms. The van der Waals surface area contributed by atoms with Crippen LogP contribution in [0, 0.1) is 0 Å². The maximum Gasteiger partial charge on any atom is 0.237 e. The van der Waals surface area contributed by atoms with Crippen molar-refractivity contribution in [2.75, 3.05) is 14.1 Å². The summed E-state index contributed by atoms with van der Waals surface area (Å²) in [7, 11) is 3.77. The van der Waals surface area contributed by atoms with Crippen LogP contribution in [0.25, 0.3) is 0 Å². The van der Waals surface area contributed by atoms with Gasteiger partial charge in [-0.3, -0.25) is 9.69 Å². The van der Waals surface area contributed by atoms with Crippen molar-refractivity contribution < 1.29 is 4.79 Å². The van der Waals surface area contributed by atoms with Gasteiger partial charge in [-0.15, -0.1) is 12.4 Å². The Labute approximate surface area is 67.0 Å². The molecule has 2 N–H and O–H groups in total. The van der Waals surface area contributed by atoms with E-state index in [1.54, 1.807) is 0 Å². The van der Waals surface area contributed by atoms with Crippen molar-refractivity contribution in [1.29, 1.82) is 0 Å². The van der Waals surface area contributed by atoms with E-state index in [0.29, 0.717) is 0 Å². The fraction of sp³-hybridized carbons (Fsp3) is 0.833. The normalized spacial score (nSPS) is 19.9. The van der Waals surface area contributed by atoms with Gasteiger partial charge in [-0.2, -0.15) is 0 Å². The zero-order chi connectivity index (χ0) is 7.07. The lowest BCUT2D eigenvalue weighted by molar-refractivity contribution is -0.123. The van der Waals surface area contributed by atoms with Crippen LogP contribution in [0.15, 0.2) is 0 Å². The molecule has 0 aromatic carbocycles. The van der Waals surface area contributed by atoms with Gasteiger partial charge in [0.2, 0.25) is 5.91 Å². The van der Waals surface area contributed by atoms with Crippen molar-refractivity contribution in [3.63, 3.8) is 0 Å². The van der Waals surface area contributed by atoms with E-state index in [4.69, 9.17) is 5.73 Å². The smallest absolute Gasteiger partial charge is 0.237 e. The predicted octanol–water partition coefficient (Wildman–Crippen LogP) is -0.0123. The number of carbonyl (C=O) groups excluding carboxylic acids is 1. The van der Waals surface area contributed by atoms with E-state index < -0.39 is 0 Å². The van der Waals surface area contributed by atoms with Crippen LogP contribution in [0.3, 0.4) is 0 Å². The molecular weight excluding hydrogens is 152 g/mol. The minimum atomic E-state index is -0.278. The molecule has 0 unspecified atom stereocenters. The number of hydrogen-bond acceptors (Lipinski definition) is 2. The Morgan fingerprint density at radius 1 is 1.50 bits per heavy atom. The third kappa shape index (κ3) is 1.25. The Kier molecular flexibility index (Phi) is 2.68. The molecule has 60 valence electrons. The van der Waals surface area contributed by atoms with Gasteiger partial charge in [0.15, 0.2) is 0 Å². The largest absolute Gasteiger partial charge is 0.368 e. The summed E-state index contributed by atoms with van der Waals surface area (Å²) in [6, 6.07) is 0. The third-order valence-corrected chi connectivity index (χ3v) is 2.04. The lowest BCUT2D eigenvalue weighted by Crippen LogP contribution is -2.42. The van der Waals surface area contributed by atoms with E-state index >= 15 is 0 Å². The van der Waals surface area contributed by atoms with Gasteiger partial charge in [0.25, 0.3) is 0 Å². The number of hydrogen-bond donors (Lipinski definition) is 1. The summed E-state index contributed by atoms with van der Waals surface area (Å²) in [5.41, 5.74) is 4.88. The summed E-state index contributed by atoms with van der Waals surface area (Å²) in [6.07, 6.45) is 1.85. The summed E-state index contributed by atoms with van der Waals surface area (Å²) < 4.78 is 0. The number of nitrogens with zero attached hydrogens (tertiary/aromatic N) is 1. The van der Waals surface area contributed by atoms with Crippen LogP contribution in [0.5, 0.6) is 0 Å². The predicted molar refractivity (Wildman–Crippen MR) is 42.1 cm³/mol. The molecule has 3 nitrogen and oxygen atoms in total. The molecule has 0 heterocycles. The van der Waals surface area contributed by atoms with Crippen LogP contribution >= 0.6 is 12.4 Å². The Bertz CT molecular complexity index is 143. The first-order chi connectivity index (χ1) is 4.09. The van der Waals surface area contributed by atoms with Crippen molar-refractivity contribution in [2.45, 2.75) is 18.4 Å². The van der Waals surface area contributed by atoms with E-state index in [9.17, 15) is 4.79 Å². The summed E-state index contributed by atoms with van der Waals surface area (Å²) in [5.74, 6) is -0.187. The summed E-state index contributed by atoms with van der Waals surface area (Å²) >= 11 is 0. The van der Waals surface area contributed by atoms with Crippen LogP contribution in [-0.4, -0.2) is 30.4 Å². The molecule has 0 aliphatic heterocycles. The van der Waals surface area contributed by atoms with Crippen LogP contribution in [0.2, 0.25) is 0 Å². The van der Waals surface area contributed by atoms with Crippen LogP contribution < -0.4 is 5.73 Å². The van der Waals surface area contributed by atoms with Gasteiger partial charge in [-0.25, -0.2) is 0 Å². The molecule has 10 heavy (non-hydrogen) atoms. The quantitative estimate of drug-likeness (QED) is 0.624. The average molecular weight is 165 g/mol. The van der Waals surface area contributed by atoms with E-state index in [1.807, 2.05) is 19.0 Å². The Balaban J connectivity index is 0.000000810. The van der Waals surface area contributed by atoms with E-state index in [2.05, 4.69) is 0 Å². The molecule has 1 amide bonds. The number of nitrogens with two attached hydrogens (primary N) is 1. The Hall–Kier alpha value is -0.280. The molecule has 1 rings (SSSR count). The number of amides is 1. The molecular formula is C6H13ClN2O. The topological polar surface area (TPSA) is 46.3 Å². The standard InChI is InChI=1S/C6H12N2O.ClH/c1-8(2)6(3-4-6)5(7)9;/h3-4H2,1-2H3,(H2,7,9);1H. The van der Waals surface area contributed by atoms with Crippen LogP contribution in [-0.2, 0) is 4.79 Å². The lowest BCUT2D eigenvalue weighted by atomic mass is 10.2. The molecule has 0 aromatic heterocycles. The van der Waals surface area contributed by atoms with Crippen LogP contribution in [0.4, 0.5) is 0 Å². The van der Waals surface area contributed by atoms with Gasteiger partial charge < -0.3 is 5.73 Å². The monoisotopic (exact) mass is 164 g/mol. The number of rotatable bonds is 2. The first kappa shape index (κ1) is 9.72. The third-order valence-electron chi connectivity index (χ3n) is 2.04. The molecule has 0 radical (unpaired) electrons. The molecule has 1 saturated carbocycles. The van der Waals surface area contributed by atoms with Gasteiger partial charge in [0, 0.05) is 0 Å². The minimum absolute atomic E-state index is 0. The number of likely N-dealkylation sites (N-methyl/N-ethyl adjacent to an activating group) is 1. The molecule has 1 aliphatic rings. The van der Waals surface area contributed by atoms with Crippen molar-refractivity contribution in [3.8, 4) is 0 Å². The van der Waals surface area contributed by atoms with Crippen molar-refractivity contribution in [1.82, 2.24) is 4.90 Å². The number of carbonyl (C=O) groups is 1. The van der Waals surface area contributed by atoms with Gasteiger partial charge >= 0.3 is 0 Å². The molecule has 4 heteroatoms. The average Bonchev–Trinajstić information content (AvgIpc) is 2.40. The first-order valence-electron chi connectivity index (χ1n) is 3.07. The fourth-order valence-corrected chi connectivity index (χ4v) is 1.03. The minimum Gasteiger partial charge on any atom is -0.368 e. The lowest BCUT2D eigenvalue weighted by Gasteiger charge is -2.18. The highest BCUT2D eigenvalue weighted by molar-refractivity contribution is 5.87. The van der Waals surface area contributed by atoms with E-state index in [-0.39, 0.29) is 23.9 Å². The highest BCUT2D eigenvalue weighted by Crippen LogP contribution is 2.39. The second kappa shape index (κ2) is 2.76. The second-order valence-electron chi connectivity index (χ2n) is 2.79. The van der Waals surface area contributed by atoms with Crippen LogP contribution in [0.1, 0.15) is 12.8 Å². The van der Waals surface area contributed by atoms with Gasteiger partial charge in [-0.1, -0.05) is 0 Å². The van der Waals surface area contributed by atoms with Crippen molar-refractivity contribution >= 4 is 18.3 Å². The molecule has 0 saturated heterocycles. The SMILES string of the molecule is CN(C)C1(C(N)=O)CC1.Cl. The van der Waals surface area contributed by atoms with E-state index in [0.717, 1.165) is 12.8 Å². The van der Waals surface area contributed by atoms with Crippen molar-refractivity contribution in [2.24, 2.45) is 5.73 Å². The van der Waals surface area contributed by atoms with Gasteiger partial charge in [0.05, 0.1) is 5.54 Å². The van der Waals surface area contributed by atoms with Crippen molar-refractivity contribution in [3.05, 3.63) is 0 Å². The summed E-state index contributed by atoms with van der Waals surface area (Å²) in [6.45, 7) is 0. The summed E-state index contributed by atoms with van der Waals surface area (Å²) in [5, 5.41) is 0. The highest BCUT2D eigenvalue weighted by atomic mass is 35.5. The first-order valence-corrected chi connectivity index (χ1v) is 3.07.